The highest BCUT2D eigenvalue weighted by Gasteiger charge is 2.18. The number of benzene rings is 2. The predicted molar refractivity (Wildman–Crippen MR) is 133 cm³/mol. The van der Waals surface area contributed by atoms with Gasteiger partial charge in [-0.2, -0.15) is 0 Å². The number of nitrogens with zero attached hydrogens (tertiary/aromatic N) is 1. The van der Waals surface area contributed by atoms with Gasteiger partial charge in [-0.3, -0.25) is 9.82 Å². The number of fused-ring (bicyclic) bond motifs is 1. The largest absolute Gasteiger partial charge is 0.492 e. The van der Waals surface area contributed by atoms with E-state index in [-0.39, 0.29) is 21.5 Å². The Morgan fingerprint density at radius 1 is 1.24 bits per heavy atom. The minimum absolute atomic E-state index is 0.182. The van der Waals surface area contributed by atoms with E-state index in [1.807, 2.05) is 18.2 Å². The first kappa shape index (κ1) is 24.3. The van der Waals surface area contributed by atoms with E-state index in [9.17, 15) is 13.5 Å². The van der Waals surface area contributed by atoms with Gasteiger partial charge < -0.3 is 19.9 Å². The summed E-state index contributed by atoms with van der Waals surface area (Å²) in [6.07, 6.45) is -0.865. The Morgan fingerprint density at radius 3 is 2.85 bits per heavy atom. The van der Waals surface area contributed by atoms with Crippen molar-refractivity contribution in [3.8, 4) is 11.6 Å². The quantitative estimate of drug-likeness (QED) is 0.221. The second kappa shape index (κ2) is 10.6. The summed E-state index contributed by atoms with van der Waals surface area (Å²) in [4.78, 5) is 0. The molecular weight excluding hydrogens is 500 g/mol. The van der Waals surface area contributed by atoms with Gasteiger partial charge in [0.15, 0.2) is 0 Å². The Kier molecular flexibility index (Phi) is 7.59. The number of halogens is 1. The maximum absolute atomic E-state index is 12.5. The van der Waals surface area contributed by atoms with Gasteiger partial charge in [-0.1, -0.05) is 23.7 Å². The first-order valence-electron chi connectivity index (χ1n) is 10.3. The maximum atomic E-state index is 12.5. The van der Waals surface area contributed by atoms with E-state index in [1.54, 1.807) is 30.7 Å². The highest BCUT2D eigenvalue weighted by Crippen LogP contribution is 2.29. The van der Waals surface area contributed by atoms with E-state index in [0.717, 1.165) is 22.2 Å². The fourth-order valence-electron chi connectivity index (χ4n) is 3.26. The fraction of sp³-hybridized carbons (Fsp3) is 0.227. The molecule has 0 aliphatic carbocycles. The summed E-state index contributed by atoms with van der Waals surface area (Å²) in [5, 5.41) is 23.4. The molecule has 4 rings (SSSR count). The molecule has 0 aliphatic heterocycles. The van der Waals surface area contributed by atoms with Crippen molar-refractivity contribution in [2.45, 2.75) is 10.3 Å². The van der Waals surface area contributed by atoms with Gasteiger partial charge in [0.05, 0.1) is 34.8 Å². The van der Waals surface area contributed by atoms with E-state index >= 15 is 0 Å². The normalized spacial score (nSPS) is 12.6. The molecule has 4 N–H and O–H groups in total. The smallest absolute Gasteiger partial charge is 0.271 e. The SMILES string of the molecule is COc1n[nH]c2cc(OCCNC[C@H](O)c3ccc(Cl)c(NS(=O)(=O)c4cccs4)c3)ccc12. The number of thiophene rings is 1. The van der Waals surface area contributed by atoms with Gasteiger partial charge in [0, 0.05) is 19.2 Å². The molecule has 34 heavy (non-hydrogen) atoms. The van der Waals surface area contributed by atoms with Crippen molar-refractivity contribution < 1.29 is 23.0 Å². The molecule has 0 fully saturated rings. The molecule has 180 valence electrons. The zero-order chi connectivity index (χ0) is 24.1. The molecular formula is C22H23ClN4O5S2. The number of rotatable bonds is 11. The number of H-pyrrole nitrogens is 1. The van der Waals surface area contributed by atoms with Crippen molar-refractivity contribution in [3.63, 3.8) is 0 Å². The number of anilines is 1. The number of aromatic nitrogens is 2. The summed E-state index contributed by atoms with van der Waals surface area (Å²) in [6.45, 7) is 1.13. The maximum Gasteiger partial charge on any atom is 0.271 e. The van der Waals surface area contributed by atoms with Gasteiger partial charge in [-0.25, -0.2) is 8.42 Å². The molecule has 0 saturated heterocycles. The van der Waals surface area contributed by atoms with Crippen LogP contribution in [0.15, 0.2) is 58.1 Å². The molecule has 2 aromatic carbocycles. The van der Waals surface area contributed by atoms with E-state index < -0.39 is 16.1 Å². The molecule has 0 bridgehead atoms. The van der Waals surface area contributed by atoms with E-state index in [0.29, 0.717) is 30.3 Å². The summed E-state index contributed by atoms with van der Waals surface area (Å²) in [5.41, 5.74) is 1.55. The second-order valence-corrected chi connectivity index (χ2v) is 10.5. The van der Waals surface area contributed by atoms with E-state index in [4.69, 9.17) is 21.1 Å². The van der Waals surface area contributed by atoms with Gasteiger partial charge in [-0.15, -0.1) is 16.4 Å². The lowest BCUT2D eigenvalue weighted by atomic mass is 10.1. The summed E-state index contributed by atoms with van der Waals surface area (Å²) in [6, 6.07) is 13.4. The van der Waals surface area contributed by atoms with Crippen LogP contribution in [-0.4, -0.2) is 50.5 Å². The molecule has 0 aliphatic rings. The summed E-state index contributed by atoms with van der Waals surface area (Å²) >= 11 is 7.27. The summed E-state index contributed by atoms with van der Waals surface area (Å²) < 4.78 is 38.6. The molecule has 0 radical (unpaired) electrons. The highest BCUT2D eigenvalue weighted by molar-refractivity contribution is 7.94. The molecule has 0 saturated carbocycles. The number of aliphatic hydroxyl groups is 1. The lowest BCUT2D eigenvalue weighted by Gasteiger charge is -2.15. The Morgan fingerprint density at radius 2 is 2.09 bits per heavy atom. The van der Waals surface area contributed by atoms with Gasteiger partial charge in [-0.05, 0) is 41.3 Å². The number of aromatic amines is 1. The first-order valence-corrected chi connectivity index (χ1v) is 13.0. The zero-order valence-electron chi connectivity index (χ0n) is 18.1. The lowest BCUT2D eigenvalue weighted by Crippen LogP contribution is -2.26. The van der Waals surface area contributed by atoms with Crippen LogP contribution >= 0.6 is 22.9 Å². The van der Waals surface area contributed by atoms with Crippen molar-refractivity contribution in [2.24, 2.45) is 0 Å². The monoisotopic (exact) mass is 522 g/mol. The average molecular weight is 523 g/mol. The first-order chi connectivity index (χ1) is 16.4. The van der Waals surface area contributed by atoms with Crippen LogP contribution in [0.1, 0.15) is 11.7 Å². The predicted octanol–water partition coefficient (Wildman–Crippen LogP) is 3.79. The molecule has 9 nitrogen and oxygen atoms in total. The van der Waals surface area contributed by atoms with Crippen molar-refractivity contribution >= 4 is 49.6 Å². The van der Waals surface area contributed by atoms with E-state index in [2.05, 4.69) is 20.2 Å². The van der Waals surface area contributed by atoms with Crippen LogP contribution in [0.3, 0.4) is 0 Å². The minimum Gasteiger partial charge on any atom is -0.492 e. The Balaban J connectivity index is 1.28. The standard InChI is InChI=1S/C22H23ClN4O5S2/c1-31-22-16-6-5-15(12-18(16)25-26-22)32-9-8-24-13-20(28)14-4-7-17(23)19(11-14)27-34(29,30)21-3-2-10-33-21/h2-7,10-12,20,24,27-28H,8-9,13H2,1H3,(H,25,26)/t20-/m0/s1. The molecule has 0 amide bonds. The highest BCUT2D eigenvalue weighted by atomic mass is 35.5. The number of sulfonamides is 1. The van der Waals surface area contributed by atoms with Gasteiger partial charge in [0.25, 0.3) is 10.0 Å². The molecule has 12 heteroatoms. The van der Waals surface area contributed by atoms with Crippen LogP contribution in [0, 0.1) is 0 Å². The van der Waals surface area contributed by atoms with E-state index in [1.165, 1.54) is 12.1 Å². The van der Waals surface area contributed by atoms with Crippen LogP contribution in [0.5, 0.6) is 11.6 Å². The molecule has 2 aromatic heterocycles. The number of nitrogens with one attached hydrogen (secondary N) is 3. The summed E-state index contributed by atoms with van der Waals surface area (Å²) in [5.74, 6) is 1.21. The number of methoxy groups -OCH3 is 1. The molecule has 1 atom stereocenters. The Bertz CT molecular complexity index is 1360. The van der Waals surface area contributed by atoms with Crippen molar-refractivity contribution in [2.75, 3.05) is 31.5 Å². The summed E-state index contributed by atoms with van der Waals surface area (Å²) in [7, 11) is -2.18. The number of hydrogen-bond acceptors (Lipinski definition) is 8. The molecule has 2 heterocycles. The van der Waals surface area contributed by atoms with Gasteiger partial charge in [0.2, 0.25) is 5.88 Å². The van der Waals surface area contributed by atoms with Crippen LogP contribution in [-0.2, 0) is 10.0 Å². The van der Waals surface area contributed by atoms with Gasteiger partial charge >= 0.3 is 0 Å². The van der Waals surface area contributed by atoms with Gasteiger partial charge in [0.1, 0.15) is 16.6 Å². The average Bonchev–Trinajstić information content (AvgIpc) is 3.50. The third-order valence-electron chi connectivity index (χ3n) is 4.96. The zero-order valence-corrected chi connectivity index (χ0v) is 20.5. The minimum atomic E-state index is -3.74. The molecule has 0 unspecified atom stereocenters. The third-order valence-corrected chi connectivity index (χ3v) is 8.05. The fourth-order valence-corrected chi connectivity index (χ4v) is 5.54. The molecule has 4 aromatic rings. The number of ether oxygens (including phenoxy) is 2. The Labute approximate surface area is 205 Å². The van der Waals surface area contributed by atoms with Crippen molar-refractivity contribution in [1.29, 1.82) is 0 Å². The van der Waals surface area contributed by atoms with Crippen LogP contribution < -0.4 is 19.5 Å². The topological polar surface area (TPSA) is 126 Å². The van der Waals surface area contributed by atoms with Crippen molar-refractivity contribution in [3.05, 3.63) is 64.5 Å². The third kappa shape index (κ3) is 5.62. The number of hydrogen-bond donors (Lipinski definition) is 4. The molecule has 0 spiro atoms. The van der Waals surface area contributed by atoms with Crippen LogP contribution in [0.2, 0.25) is 5.02 Å². The van der Waals surface area contributed by atoms with Crippen LogP contribution in [0.4, 0.5) is 5.69 Å². The second-order valence-electron chi connectivity index (χ2n) is 7.29. The van der Waals surface area contributed by atoms with Crippen molar-refractivity contribution in [1.82, 2.24) is 15.5 Å². The lowest BCUT2D eigenvalue weighted by molar-refractivity contribution is 0.172. The Hall–Kier alpha value is -2.83. The number of aliphatic hydroxyl groups excluding tert-OH is 1. The van der Waals surface area contributed by atoms with Crippen LogP contribution in [0.25, 0.3) is 10.9 Å².